The molecule has 0 unspecified atom stereocenters. The molecule has 0 saturated heterocycles. The fraction of sp³-hybridized carbons (Fsp3) is 0.562. The van der Waals surface area contributed by atoms with Gasteiger partial charge in [-0.05, 0) is 48.8 Å². The summed E-state index contributed by atoms with van der Waals surface area (Å²) in [7, 11) is 0. The minimum Gasteiger partial charge on any atom is -0.353 e. The molecule has 1 amide bonds. The van der Waals surface area contributed by atoms with Crippen molar-refractivity contribution in [3.05, 3.63) is 35.6 Å². The van der Waals surface area contributed by atoms with Gasteiger partial charge in [0.1, 0.15) is 5.82 Å². The van der Waals surface area contributed by atoms with Gasteiger partial charge in [0.05, 0.1) is 5.41 Å². The molecular weight excluding hydrogens is 241 g/mol. The van der Waals surface area contributed by atoms with Crippen LogP contribution in [0.1, 0.15) is 45.1 Å². The Hall–Kier alpha value is -1.38. The third kappa shape index (κ3) is 1.87. The van der Waals surface area contributed by atoms with Gasteiger partial charge in [-0.1, -0.05) is 26.0 Å². The van der Waals surface area contributed by atoms with Gasteiger partial charge in [-0.15, -0.1) is 0 Å². The van der Waals surface area contributed by atoms with E-state index in [1.807, 2.05) is 0 Å². The predicted molar refractivity (Wildman–Crippen MR) is 72.3 cm³/mol. The Balaban J connectivity index is 1.87. The van der Waals surface area contributed by atoms with Crippen molar-refractivity contribution in [1.82, 2.24) is 5.32 Å². The number of carbonyl (C=O) groups is 1. The van der Waals surface area contributed by atoms with E-state index in [4.69, 9.17) is 0 Å². The number of amides is 1. The molecule has 2 fully saturated rings. The molecule has 2 aliphatic carbocycles. The summed E-state index contributed by atoms with van der Waals surface area (Å²) in [6.45, 7) is 4.22. The number of halogens is 1. The van der Waals surface area contributed by atoms with Gasteiger partial charge in [0.2, 0.25) is 5.91 Å². The Bertz CT molecular complexity index is 504. The molecule has 0 heterocycles. The van der Waals surface area contributed by atoms with Gasteiger partial charge in [0.15, 0.2) is 0 Å². The second-order valence-corrected chi connectivity index (χ2v) is 6.57. The smallest absolute Gasteiger partial charge is 0.231 e. The summed E-state index contributed by atoms with van der Waals surface area (Å²) in [5.41, 5.74) is 0.435. The minimum atomic E-state index is -0.462. The summed E-state index contributed by atoms with van der Waals surface area (Å²) in [5, 5.41) is 3.16. The highest BCUT2D eigenvalue weighted by molar-refractivity contribution is 5.93. The second kappa shape index (κ2) is 4.06. The molecule has 3 rings (SSSR count). The third-order valence-corrected chi connectivity index (χ3v) is 4.90. The zero-order valence-electron chi connectivity index (χ0n) is 11.5. The number of rotatable bonds is 3. The fourth-order valence-electron chi connectivity index (χ4n) is 3.23. The number of nitrogens with one attached hydrogen (secondary N) is 1. The Morgan fingerprint density at radius 3 is 2.26 bits per heavy atom. The van der Waals surface area contributed by atoms with E-state index in [9.17, 15) is 9.18 Å². The second-order valence-electron chi connectivity index (χ2n) is 6.57. The molecule has 0 aromatic heterocycles. The Morgan fingerprint density at radius 2 is 1.84 bits per heavy atom. The van der Waals surface area contributed by atoms with Crippen molar-refractivity contribution in [2.45, 2.75) is 51.0 Å². The molecule has 2 aliphatic rings. The van der Waals surface area contributed by atoms with Gasteiger partial charge in [0.25, 0.3) is 0 Å². The first-order valence-corrected chi connectivity index (χ1v) is 7.03. The number of hydrogen-bond donors (Lipinski definition) is 1. The summed E-state index contributed by atoms with van der Waals surface area (Å²) in [6.07, 6.45) is 4.22. The lowest BCUT2D eigenvalue weighted by Crippen LogP contribution is -2.46. The topological polar surface area (TPSA) is 29.1 Å². The standard InChI is InChI=1S/C16H20FNO/c1-15(2)10-16(15,11-6-8-12(17)9-7-11)14(19)18-13-4-3-5-13/h6-9,13H,3-5,10H2,1-2H3,(H,18,19)/t16-/m0/s1. The molecule has 1 N–H and O–H groups in total. The quantitative estimate of drug-likeness (QED) is 0.889. The summed E-state index contributed by atoms with van der Waals surface area (Å²) >= 11 is 0. The van der Waals surface area contributed by atoms with Gasteiger partial charge in [-0.25, -0.2) is 4.39 Å². The lowest BCUT2D eigenvalue weighted by atomic mass is 9.85. The Kier molecular flexibility index (Phi) is 2.70. The van der Waals surface area contributed by atoms with Crippen molar-refractivity contribution in [3.63, 3.8) is 0 Å². The molecule has 2 nitrogen and oxygen atoms in total. The van der Waals surface area contributed by atoms with Crippen LogP contribution in [0.15, 0.2) is 24.3 Å². The van der Waals surface area contributed by atoms with Gasteiger partial charge in [0, 0.05) is 6.04 Å². The lowest BCUT2D eigenvalue weighted by molar-refractivity contribution is -0.125. The maximum atomic E-state index is 13.1. The highest BCUT2D eigenvalue weighted by atomic mass is 19.1. The van der Waals surface area contributed by atoms with E-state index in [-0.39, 0.29) is 17.1 Å². The van der Waals surface area contributed by atoms with Gasteiger partial charge in [-0.2, -0.15) is 0 Å². The van der Waals surface area contributed by atoms with Crippen molar-refractivity contribution in [3.8, 4) is 0 Å². The molecule has 0 aliphatic heterocycles. The average Bonchev–Trinajstić information content (AvgIpc) is 2.89. The molecular formula is C16H20FNO. The number of benzene rings is 1. The summed E-state index contributed by atoms with van der Waals surface area (Å²) in [4.78, 5) is 12.6. The van der Waals surface area contributed by atoms with Gasteiger partial charge < -0.3 is 5.32 Å². The highest BCUT2D eigenvalue weighted by Gasteiger charge is 2.67. The van der Waals surface area contributed by atoms with Crippen molar-refractivity contribution in [1.29, 1.82) is 0 Å². The first kappa shape index (κ1) is 12.6. The average molecular weight is 261 g/mol. The maximum Gasteiger partial charge on any atom is 0.231 e. The zero-order chi connectivity index (χ0) is 13.7. The Labute approximate surface area is 113 Å². The largest absolute Gasteiger partial charge is 0.353 e. The molecule has 1 atom stereocenters. The summed E-state index contributed by atoms with van der Waals surface area (Å²) in [5.74, 6) is -0.134. The molecule has 19 heavy (non-hydrogen) atoms. The van der Waals surface area contributed by atoms with Crippen LogP contribution in [0.3, 0.4) is 0 Å². The minimum absolute atomic E-state index is 0.0430. The van der Waals surface area contributed by atoms with Crippen LogP contribution in [0.5, 0.6) is 0 Å². The van der Waals surface area contributed by atoms with E-state index < -0.39 is 5.41 Å². The van der Waals surface area contributed by atoms with E-state index in [1.54, 1.807) is 12.1 Å². The molecule has 0 radical (unpaired) electrons. The van der Waals surface area contributed by atoms with E-state index in [0.717, 1.165) is 24.8 Å². The monoisotopic (exact) mass is 261 g/mol. The van der Waals surface area contributed by atoms with Gasteiger partial charge in [-0.3, -0.25) is 4.79 Å². The number of carbonyl (C=O) groups excluding carboxylic acids is 1. The predicted octanol–water partition coefficient (Wildman–Crippen LogP) is 3.16. The molecule has 2 saturated carbocycles. The molecule has 0 bridgehead atoms. The molecule has 1 aromatic carbocycles. The van der Waals surface area contributed by atoms with E-state index in [2.05, 4.69) is 19.2 Å². The first-order chi connectivity index (χ1) is 8.96. The molecule has 0 spiro atoms. The van der Waals surface area contributed by atoms with Crippen LogP contribution in [0.2, 0.25) is 0 Å². The third-order valence-electron chi connectivity index (χ3n) is 4.90. The van der Waals surface area contributed by atoms with Gasteiger partial charge >= 0.3 is 0 Å². The van der Waals surface area contributed by atoms with Crippen molar-refractivity contribution >= 4 is 5.91 Å². The summed E-state index contributed by atoms with van der Waals surface area (Å²) in [6, 6.07) is 6.75. The van der Waals surface area contributed by atoms with Crippen LogP contribution in [0.25, 0.3) is 0 Å². The lowest BCUT2D eigenvalue weighted by Gasteiger charge is -2.30. The van der Waals surface area contributed by atoms with E-state index in [0.29, 0.717) is 6.04 Å². The Morgan fingerprint density at radius 1 is 1.26 bits per heavy atom. The maximum absolute atomic E-state index is 13.1. The van der Waals surface area contributed by atoms with Crippen LogP contribution in [-0.4, -0.2) is 11.9 Å². The molecule has 3 heteroatoms. The van der Waals surface area contributed by atoms with Crippen molar-refractivity contribution < 1.29 is 9.18 Å². The summed E-state index contributed by atoms with van der Waals surface area (Å²) < 4.78 is 13.1. The normalized spacial score (nSPS) is 28.6. The van der Waals surface area contributed by atoms with Crippen LogP contribution >= 0.6 is 0 Å². The van der Waals surface area contributed by atoms with Crippen molar-refractivity contribution in [2.24, 2.45) is 5.41 Å². The van der Waals surface area contributed by atoms with Crippen LogP contribution < -0.4 is 5.32 Å². The van der Waals surface area contributed by atoms with E-state index in [1.165, 1.54) is 18.6 Å². The first-order valence-electron chi connectivity index (χ1n) is 7.03. The number of hydrogen-bond acceptors (Lipinski definition) is 1. The van der Waals surface area contributed by atoms with Crippen LogP contribution in [0.4, 0.5) is 4.39 Å². The van der Waals surface area contributed by atoms with Crippen molar-refractivity contribution in [2.75, 3.05) is 0 Å². The van der Waals surface area contributed by atoms with Crippen LogP contribution in [-0.2, 0) is 10.2 Å². The fourth-order valence-corrected chi connectivity index (χ4v) is 3.23. The SMILES string of the molecule is CC1(C)C[C@@]1(C(=O)NC1CCC1)c1ccc(F)cc1. The zero-order valence-corrected chi connectivity index (χ0v) is 11.5. The molecule has 1 aromatic rings. The molecule has 102 valence electrons. The van der Waals surface area contributed by atoms with E-state index >= 15 is 0 Å². The highest BCUT2D eigenvalue weighted by Crippen LogP contribution is 2.64. The van der Waals surface area contributed by atoms with Crippen LogP contribution in [0, 0.1) is 11.2 Å².